The fraction of sp³-hybridized carbons (Fsp3) is 0.278. The zero-order chi connectivity index (χ0) is 20.4. The summed E-state index contributed by atoms with van der Waals surface area (Å²) in [4.78, 5) is 35.1. The first kappa shape index (κ1) is 19.0. The number of nitrogens with zero attached hydrogens (tertiary/aromatic N) is 6. The van der Waals surface area contributed by atoms with Crippen LogP contribution in [0.3, 0.4) is 0 Å². The van der Waals surface area contributed by atoms with Gasteiger partial charge in [0.15, 0.2) is 0 Å². The number of carbonyl (C=O) groups excluding carboxylic acids is 1. The van der Waals surface area contributed by atoms with Crippen LogP contribution < -0.4 is 15.8 Å². The molecule has 0 aliphatic carbocycles. The summed E-state index contributed by atoms with van der Waals surface area (Å²) in [6, 6.07) is 5.35. The van der Waals surface area contributed by atoms with Gasteiger partial charge >= 0.3 is 0 Å². The van der Waals surface area contributed by atoms with Gasteiger partial charge in [0.25, 0.3) is 5.56 Å². The molecule has 150 valence electrons. The van der Waals surface area contributed by atoms with Crippen molar-refractivity contribution >= 4 is 44.7 Å². The van der Waals surface area contributed by atoms with Crippen LogP contribution in [-0.4, -0.2) is 57.4 Å². The second kappa shape index (κ2) is 7.97. The molecule has 0 aromatic carbocycles. The van der Waals surface area contributed by atoms with Gasteiger partial charge in [-0.3, -0.25) is 14.0 Å². The lowest BCUT2D eigenvalue weighted by Gasteiger charge is -2.20. The molecule has 4 aromatic heterocycles. The van der Waals surface area contributed by atoms with E-state index in [4.69, 9.17) is 4.74 Å². The van der Waals surface area contributed by atoms with Gasteiger partial charge in [-0.1, -0.05) is 0 Å². The van der Waals surface area contributed by atoms with E-state index in [1.165, 1.54) is 17.2 Å². The normalized spacial score (nSPS) is 11.2. The highest BCUT2D eigenvalue weighted by Gasteiger charge is 2.19. The van der Waals surface area contributed by atoms with E-state index < -0.39 is 5.91 Å². The Morgan fingerprint density at radius 2 is 2.21 bits per heavy atom. The number of anilines is 2. The Balaban J connectivity index is 1.75. The van der Waals surface area contributed by atoms with Crippen molar-refractivity contribution < 1.29 is 9.53 Å². The zero-order valence-corrected chi connectivity index (χ0v) is 16.7. The molecule has 0 atom stereocenters. The van der Waals surface area contributed by atoms with Crippen molar-refractivity contribution in [2.24, 2.45) is 0 Å². The average Bonchev–Trinajstić information content (AvgIpc) is 3.31. The number of rotatable bonds is 7. The SMILES string of the molecule is COCCN(C)c1nn(CC(=O)Nc2ccncn2)c(=O)c2cc3sccc3n12. The molecule has 0 aliphatic rings. The standard InChI is InChI=1S/C18H19N7O3S/c1-23(6-7-28-2)18-22-24(10-16(26)21-15-3-5-19-11-20-15)17(27)13-9-14-12(25(13)18)4-8-29-14/h3-5,8-9,11H,6-7,10H2,1-2H3,(H,19,20,21,26). The van der Waals surface area contributed by atoms with Crippen molar-refractivity contribution in [1.29, 1.82) is 0 Å². The second-order valence-electron chi connectivity index (χ2n) is 6.36. The van der Waals surface area contributed by atoms with Crippen LogP contribution in [0.1, 0.15) is 0 Å². The molecular formula is C18H19N7O3S. The molecule has 0 unspecified atom stereocenters. The van der Waals surface area contributed by atoms with E-state index in [0.29, 0.717) is 30.4 Å². The van der Waals surface area contributed by atoms with Crippen molar-refractivity contribution in [3.8, 4) is 0 Å². The Hall–Kier alpha value is -3.31. The van der Waals surface area contributed by atoms with Crippen LogP contribution in [0.4, 0.5) is 11.8 Å². The third-order valence-corrected chi connectivity index (χ3v) is 5.25. The van der Waals surface area contributed by atoms with Crippen LogP contribution in [0.25, 0.3) is 15.7 Å². The van der Waals surface area contributed by atoms with E-state index >= 15 is 0 Å². The first-order valence-electron chi connectivity index (χ1n) is 8.84. The molecule has 4 rings (SSSR count). The molecule has 0 spiro atoms. The largest absolute Gasteiger partial charge is 0.383 e. The molecule has 0 bridgehead atoms. The lowest BCUT2D eigenvalue weighted by molar-refractivity contribution is -0.117. The summed E-state index contributed by atoms with van der Waals surface area (Å²) in [7, 11) is 3.50. The molecule has 0 aliphatic heterocycles. The van der Waals surface area contributed by atoms with Gasteiger partial charge in [-0.2, -0.15) is 0 Å². The van der Waals surface area contributed by atoms with Gasteiger partial charge in [0, 0.05) is 26.9 Å². The van der Waals surface area contributed by atoms with Crippen LogP contribution in [0, 0.1) is 0 Å². The third kappa shape index (κ3) is 3.69. The highest BCUT2D eigenvalue weighted by molar-refractivity contribution is 7.17. The number of aromatic nitrogens is 5. The second-order valence-corrected chi connectivity index (χ2v) is 7.30. The Morgan fingerprint density at radius 3 is 2.97 bits per heavy atom. The molecule has 0 radical (unpaired) electrons. The topological polar surface area (TPSA) is 107 Å². The van der Waals surface area contributed by atoms with Crippen molar-refractivity contribution in [3.05, 3.63) is 46.5 Å². The number of carbonyl (C=O) groups is 1. The van der Waals surface area contributed by atoms with Gasteiger partial charge < -0.3 is 15.0 Å². The smallest absolute Gasteiger partial charge is 0.291 e. The molecule has 29 heavy (non-hydrogen) atoms. The van der Waals surface area contributed by atoms with E-state index in [0.717, 1.165) is 10.2 Å². The number of likely N-dealkylation sites (N-methyl/N-ethyl adjacent to an activating group) is 1. The van der Waals surface area contributed by atoms with Gasteiger partial charge in [0.05, 0.1) is 16.8 Å². The molecule has 0 saturated heterocycles. The predicted octanol–water partition coefficient (Wildman–Crippen LogP) is 1.22. The fourth-order valence-corrected chi connectivity index (χ4v) is 3.80. The van der Waals surface area contributed by atoms with Gasteiger partial charge in [-0.25, -0.2) is 14.6 Å². The lowest BCUT2D eigenvalue weighted by Crippen LogP contribution is -2.34. The summed E-state index contributed by atoms with van der Waals surface area (Å²) in [5.41, 5.74) is 1.04. The summed E-state index contributed by atoms with van der Waals surface area (Å²) in [6.07, 6.45) is 2.86. The minimum atomic E-state index is -0.401. The fourth-order valence-electron chi connectivity index (χ4n) is 2.99. The van der Waals surface area contributed by atoms with E-state index in [1.54, 1.807) is 24.5 Å². The highest BCUT2D eigenvalue weighted by atomic mass is 32.1. The number of nitrogens with one attached hydrogen (secondary N) is 1. The molecule has 0 fully saturated rings. The van der Waals surface area contributed by atoms with Crippen molar-refractivity contribution in [2.45, 2.75) is 6.54 Å². The molecule has 1 amide bonds. The summed E-state index contributed by atoms with van der Waals surface area (Å²) in [6.45, 7) is 0.845. The number of thiophene rings is 1. The van der Waals surface area contributed by atoms with Gasteiger partial charge in [0.1, 0.15) is 24.2 Å². The quantitative estimate of drug-likeness (QED) is 0.485. The Kier molecular flexibility index (Phi) is 5.23. The lowest BCUT2D eigenvalue weighted by atomic mass is 10.5. The number of amides is 1. The Labute approximate surface area is 169 Å². The number of hydrogen-bond acceptors (Lipinski definition) is 8. The summed E-state index contributed by atoms with van der Waals surface area (Å²) in [5.74, 6) is 0.515. The van der Waals surface area contributed by atoms with Crippen LogP contribution >= 0.6 is 11.3 Å². The number of methoxy groups -OCH3 is 1. The van der Waals surface area contributed by atoms with Gasteiger partial charge in [-0.15, -0.1) is 16.4 Å². The molecular weight excluding hydrogens is 394 g/mol. The number of ether oxygens (including phenoxy) is 1. The van der Waals surface area contributed by atoms with E-state index in [9.17, 15) is 9.59 Å². The molecule has 1 N–H and O–H groups in total. The zero-order valence-electron chi connectivity index (χ0n) is 15.9. The molecule has 11 heteroatoms. The first-order chi connectivity index (χ1) is 14.1. The summed E-state index contributed by atoms with van der Waals surface area (Å²) < 4.78 is 9.14. The summed E-state index contributed by atoms with van der Waals surface area (Å²) in [5, 5.41) is 9.10. The molecule has 10 nitrogen and oxygen atoms in total. The van der Waals surface area contributed by atoms with E-state index in [-0.39, 0.29) is 12.1 Å². The van der Waals surface area contributed by atoms with Crippen molar-refractivity contribution in [2.75, 3.05) is 37.5 Å². The van der Waals surface area contributed by atoms with Crippen molar-refractivity contribution in [1.82, 2.24) is 24.1 Å². The molecule has 4 aromatic rings. The average molecular weight is 413 g/mol. The Morgan fingerprint density at radius 1 is 1.34 bits per heavy atom. The van der Waals surface area contributed by atoms with Gasteiger partial charge in [-0.05, 0) is 23.6 Å². The Bertz CT molecular complexity index is 1210. The summed E-state index contributed by atoms with van der Waals surface area (Å²) >= 11 is 1.55. The number of fused-ring (bicyclic) bond motifs is 3. The van der Waals surface area contributed by atoms with Gasteiger partial charge in [0.2, 0.25) is 11.9 Å². The third-order valence-electron chi connectivity index (χ3n) is 4.40. The van der Waals surface area contributed by atoms with Crippen LogP contribution in [0.2, 0.25) is 0 Å². The van der Waals surface area contributed by atoms with Crippen molar-refractivity contribution in [3.63, 3.8) is 0 Å². The minimum Gasteiger partial charge on any atom is -0.383 e. The minimum absolute atomic E-state index is 0.233. The maximum atomic E-state index is 13.0. The van der Waals surface area contributed by atoms with Crippen LogP contribution in [0.5, 0.6) is 0 Å². The monoisotopic (exact) mass is 413 g/mol. The molecule has 0 saturated carbocycles. The van der Waals surface area contributed by atoms with Crippen LogP contribution in [0.15, 0.2) is 40.9 Å². The molecule has 4 heterocycles. The first-order valence-corrected chi connectivity index (χ1v) is 9.72. The van der Waals surface area contributed by atoms with E-state index in [2.05, 4.69) is 20.4 Å². The predicted molar refractivity (Wildman–Crippen MR) is 111 cm³/mol. The number of hydrogen-bond donors (Lipinski definition) is 1. The van der Waals surface area contributed by atoms with Crippen LogP contribution in [-0.2, 0) is 16.1 Å². The maximum Gasteiger partial charge on any atom is 0.291 e. The maximum absolute atomic E-state index is 13.0. The van der Waals surface area contributed by atoms with E-state index in [1.807, 2.05) is 33.9 Å². The highest BCUT2D eigenvalue weighted by Crippen LogP contribution is 2.26.